The van der Waals surface area contributed by atoms with E-state index in [9.17, 15) is 14.7 Å². The van der Waals surface area contributed by atoms with Crippen LogP contribution >= 0.6 is 0 Å². The van der Waals surface area contributed by atoms with E-state index in [0.717, 1.165) is 11.4 Å². The Hall–Kier alpha value is -2.05. The summed E-state index contributed by atoms with van der Waals surface area (Å²) in [6.45, 7) is 10.5. The molecule has 7 nitrogen and oxygen atoms in total. The van der Waals surface area contributed by atoms with Crippen molar-refractivity contribution in [2.75, 3.05) is 0 Å². The zero-order valence-corrected chi connectivity index (χ0v) is 13.3. The molecule has 2 atom stereocenters. The highest BCUT2D eigenvalue weighted by molar-refractivity contribution is 5.80. The minimum Gasteiger partial charge on any atom is -0.480 e. The summed E-state index contributed by atoms with van der Waals surface area (Å²) >= 11 is 0. The third kappa shape index (κ3) is 4.77. The lowest BCUT2D eigenvalue weighted by Gasteiger charge is -2.25. The molecule has 7 heteroatoms. The summed E-state index contributed by atoms with van der Waals surface area (Å²) in [7, 11) is 0. The third-order valence-electron chi connectivity index (χ3n) is 2.85. The first-order valence-electron chi connectivity index (χ1n) is 6.76. The Kier molecular flexibility index (Phi) is 4.98. The number of rotatable bonds is 4. The lowest BCUT2D eigenvalue weighted by Crippen LogP contribution is -2.47. The second-order valence-electron chi connectivity index (χ2n) is 6.07. The minimum atomic E-state index is -1.14. The van der Waals surface area contributed by atoms with Crippen molar-refractivity contribution in [1.29, 1.82) is 0 Å². The Bertz CT molecular complexity index is 531. The lowest BCUT2D eigenvalue weighted by molar-refractivity contribution is -0.140. The average molecular weight is 297 g/mol. The quantitative estimate of drug-likeness (QED) is 0.887. The molecule has 1 aromatic heterocycles. The monoisotopic (exact) mass is 297 g/mol. The summed E-state index contributed by atoms with van der Waals surface area (Å²) in [5.74, 6) is -1.14. The Morgan fingerprint density at radius 3 is 2.33 bits per heavy atom. The van der Waals surface area contributed by atoms with Gasteiger partial charge in [0.1, 0.15) is 5.60 Å². The Balaban J connectivity index is 2.89. The SMILES string of the molecule is Cc1cc(C)n(C(C)C(NC(=O)OC(C)(C)C)C(=O)O)n1. The van der Waals surface area contributed by atoms with Gasteiger partial charge < -0.3 is 15.2 Å². The van der Waals surface area contributed by atoms with Crippen molar-refractivity contribution in [1.82, 2.24) is 15.1 Å². The van der Waals surface area contributed by atoms with E-state index in [1.165, 1.54) is 0 Å². The standard InChI is InChI=1S/C14H23N3O4/c1-8-7-9(2)17(16-8)10(3)11(12(18)19)15-13(20)21-14(4,5)6/h7,10-11H,1-6H3,(H,15,20)(H,18,19). The van der Waals surface area contributed by atoms with Gasteiger partial charge in [-0.15, -0.1) is 0 Å². The maximum Gasteiger partial charge on any atom is 0.408 e. The van der Waals surface area contributed by atoms with Crippen LogP contribution < -0.4 is 5.32 Å². The van der Waals surface area contributed by atoms with Gasteiger partial charge in [0.05, 0.1) is 11.7 Å². The van der Waals surface area contributed by atoms with E-state index in [0.29, 0.717) is 0 Å². The van der Waals surface area contributed by atoms with E-state index in [-0.39, 0.29) is 0 Å². The molecule has 0 aliphatic carbocycles. The molecule has 2 unspecified atom stereocenters. The number of nitrogens with one attached hydrogen (secondary N) is 1. The number of carbonyl (C=O) groups is 2. The van der Waals surface area contributed by atoms with Gasteiger partial charge in [-0.25, -0.2) is 9.59 Å². The molecule has 1 rings (SSSR count). The summed E-state index contributed by atoms with van der Waals surface area (Å²) in [5.41, 5.74) is 0.937. The molecular weight excluding hydrogens is 274 g/mol. The number of amides is 1. The maximum atomic E-state index is 11.8. The van der Waals surface area contributed by atoms with Crippen LogP contribution in [0.15, 0.2) is 6.07 Å². The van der Waals surface area contributed by atoms with E-state index in [1.54, 1.807) is 32.4 Å². The zero-order chi connectivity index (χ0) is 16.4. The molecule has 0 aliphatic heterocycles. The number of nitrogens with zero attached hydrogens (tertiary/aromatic N) is 2. The molecule has 0 aromatic carbocycles. The fourth-order valence-electron chi connectivity index (χ4n) is 2.02. The predicted octanol–water partition coefficient (Wildman–Crippen LogP) is 2.04. The Morgan fingerprint density at radius 1 is 1.38 bits per heavy atom. The topological polar surface area (TPSA) is 93.5 Å². The molecule has 0 radical (unpaired) electrons. The molecule has 1 amide bonds. The molecule has 1 heterocycles. The van der Waals surface area contributed by atoms with E-state index in [2.05, 4.69) is 10.4 Å². The number of hydrogen-bond acceptors (Lipinski definition) is 4. The summed E-state index contributed by atoms with van der Waals surface area (Å²) < 4.78 is 6.69. The smallest absolute Gasteiger partial charge is 0.408 e. The van der Waals surface area contributed by atoms with Gasteiger partial charge in [0.25, 0.3) is 0 Å². The second kappa shape index (κ2) is 6.15. The molecular formula is C14H23N3O4. The molecule has 0 saturated heterocycles. The molecule has 0 aliphatic rings. The molecule has 2 N–H and O–H groups in total. The van der Waals surface area contributed by atoms with Gasteiger partial charge in [-0.3, -0.25) is 4.68 Å². The van der Waals surface area contributed by atoms with Crippen molar-refractivity contribution in [3.63, 3.8) is 0 Å². The van der Waals surface area contributed by atoms with Crippen molar-refractivity contribution >= 4 is 12.1 Å². The highest BCUT2D eigenvalue weighted by atomic mass is 16.6. The number of aryl methyl sites for hydroxylation is 2. The van der Waals surface area contributed by atoms with Crippen LogP contribution in [0.3, 0.4) is 0 Å². The fraction of sp³-hybridized carbons (Fsp3) is 0.643. The molecule has 21 heavy (non-hydrogen) atoms. The first-order chi connectivity index (χ1) is 9.51. The van der Waals surface area contributed by atoms with Crippen LogP contribution in [0.2, 0.25) is 0 Å². The van der Waals surface area contributed by atoms with Crippen LogP contribution in [0.4, 0.5) is 4.79 Å². The number of aliphatic carboxylic acids is 1. The van der Waals surface area contributed by atoms with Gasteiger partial charge in [-0.05, 0) is 47.6 Å². The van der Waals surface area contributed by atoms with Gasteiger partial charge in [-0.1, -0.05) is 0 Å². The Morgan fingerprint density at radius 2 is 1.95 bits per heavy atom. The maximum absolute atomic E-state index is 11.8. The van der Waals surface area contributed by atoms with Crippen LogP contribution in [-0.4, -0.2) is 38.6 Å². The summed E-state index contributed by atoms with van der Waals surface area (Å²) in [6.07, 6.45) is -0.761. The van der Waals surface area contributed by atoms with Crippen LogP contribution in [-0.2, 0) is 9.53 Å². The van der Waals surface area contributed by atoms with Crippen molar-refractivity contribution in [2.45, 2.75) is 59.2 Å². The fourth-order valence-corrected chi connectivity index (χ4v) is 2.02. The first kappa shape index (κ1) is 17.0. The number of carbonyl (C=O) groups excluding carboxylic acids is 1. The van der Waals surface area contributed by atoms with Crippen molar-refractivity contribution in [2.24, 2.45) is 0 Å². The number of hydrogen-bond donors (Lipinski definition) is 2. The van der Waals surface area contributed by atoms with Gasteiger partial charge >= 0.3 is 12.1 Å². The minimum absolute atomic E-state index is 0.538. The molecule has 0 spiro atoms. The highest BCUT2D eigenvalue weighted by Gasteiger charge is 2.31. The number of aromatic nitrogens is 2. The summed E-state index contributed by atoms with van der Waals surface area (Å²) in [6, 6.07) is 0.185. The van der Waals surface area contributed by atoms with Gasteiger partial charge in [-0.2, -0.15) is 5.10 Å². The normalized spacial score (nSPS) is 14.4. The van der Waals surface area contributed by atoms with Crippen LogP contribution in [0, 0.1) is 13.8 Å². The lowest BCUT2D eigenvalue weighted by atomic mass is 10.1. The van der Waals surface area contributed by atoms with E-state index >= 15 is 0 Å². The average Bonchev–Trinajstić information content (AvgIpc) is 2.61. The molecule has 0 saturated carbocycles. The van der Waals surface area contributed by atoms with Crippen LogP contribution in [0.1, 0.15) is 45.1 Å². The van der Waals surface area contributed by atoms with E-state index in [4.69, 9.17) is 4.74 Å². The number of carboxylic acid groups (broad SMARTS) is 1. The Labute approximate surface area is 124 Å². The predicted molar refractivity (Wildman–Crippen MR) is 77.2 cm³/mol. The van der Waals surface area contributed by atoms with Crippen molar-refractivity contribution in [3.05, 3.63) is 17.5 Å². The van der Waals surface area contributed by atoms with Gasteiger partial charge in [0.2, 0.25) is 0 Å². The zero-order valence-electron chi connectivity index (χ0n) is 13.3. The third-order valence-corrected chi connectivity index (χ3v) is 2.85. The largest absolute Gasteiger partial charge is 0.480 e. The highest BCUT2D eigenvalue weighted by Crippen LogP contribution is 2.16. The first-order valence-corrected chi connectivity index (χ1v) is 6.76. The van der Waals surface area contributed by atoms with Crippen molar-refractivity contribution < 1.29 is 19.4 Å². The van der Waals surface area contributed by atoms with Gasteiger partial charge in [0, 0.05) is 5.69 Å². The second-order valence-corrected chi connectivity index (χ2v) is 6.07. The van der Waals surface area contributed by atoms with Crippen LogP contribution in [0.5, 0.6) is 0 Å². The number of alkyl carbamates (subject to hydrolysis) is 1. The van der Waals surface area contributed by atoms with Crippen LogP contribution in [0.25, 0.3) is 0 Å². The molecule has 118 valence electrons. The van der Waals surface area contributed by atoms with Crippen molar-refractivity contribution in [3.8, 4) is 0 Å². The van der Waals surface area contributed by atoms with Gasteiger partial charge in [0.15, 0.2) is 6.04 Å². The summed E-state index contributed by atoms with van der Waals surface area (Å²) in [5, 5.41) is 16.0. The molecule has 0 bridgehead atoms. The molecule has 1 aromatic rings. The summed E-state index contributed by atoms with van der Waals surface area (Å²) in [4.78, 5) is 23.2. The van der Waals surface area contributed by atoms with E-state index in [1.807, 2.05) is 19.9 Å². The molecule has 0 fully saturated rings. The van der Waals surface area contributed by atoms with E-state index < -0.39 is 29.7 Å². The number of ether oxygens (including phenoxy) is 1. The number of carboxylic acids is 1.